The minimum absolute atomic E-state index is 0.0216. The monoisotopic (exact) mass is 280 g/mol. The van der Waals surface area contributed by atoms with Crippen LogP contribution < -0.4 is 5.32 Å². The first-order valence-electron chi connectivity index (χ1n) is 6.31. The van der Waals surface area contributed by atoms with Crippen LogP contribution in [0.1, 0.15) is 23.4 Å². The molecular weight excluding hydrogens is 264 g/mol. The summed E-state index contributed by atoms with van der Waals surface area (Å²) in [7, 11) is 1.32. The zero-order chi connectivity index (χ0) is 14.5. The molecular formula is C13H16N2O5. The molecule has 108 valence electrons. The van der Waals surface area contributed by atoms with Gasteiger partial charge in [-0.3, -0.25) is 24.6 Å². The van der Waals surface area contributed by atoms with E-state index in [1.54, 1.807) is 11.0 Å². The minimum atomic E-state index is -0.589. The molecule has 1 fully saturated rings. The Hall–Kier alpha value is -2.15. The van der Waals surface area contributed by atoms with Crippen molar-refractivity contribution in [2.75, 3.05) is 20.2 Å². The first kappa shape index (κ1) is 14.3. The van der Waals surface area contributed by atoms with Crippen molar-refractivity contribution < 1.29 is 23.5 Å². The smallest absolute Gasteiger partial charge is 0.323 e. The van der Waals surface area contributed by atoms with Crippen LogP contribution in [0.4, 0.5) is 0 Å². The predicted octanol–water partition coefficient (Wildman–Crippen LogP) is 0.173. The molecule has 0 aromatic carbocycles. The third-order valence-electron chi connectivity index (χ3n) is 3.18. The first-order valence-corrected chi connectivity index (χ1v) is 6.31. The number of carbonyl (C=O) groups excluding carboxylic acids is 3. The van der Waals surface area contributed by atoms with Gasteiger partial charge in [0.1, 0.15) is 6.04 Å². The van der Waals surface area contributed by atoms with E-state index < -0.39 is 17.9 Å². The highest BCUT2D eigenvalue weighted by molar-refractivity contribution is 6.03. The average Bonchev–Trinajstić information content (AvgIpc) is 3.08. The van der Waals surface area contributed by atoms with Crippen molar-refractivity contribution >= 4 is 17.8 Å². The summed E-state index contributed by atoms with van der Waals surface area (Å²) >= 11 is 0. The standard InChI is InChI=1S/C13H16N2O5/c1-19-13(18)9-4-2-6-15(9)8-11(16)14-12(17)10-5-3-7-20-10/h3,5,7,9H,2,4,6,8H2,1H3,(H,14,16,17). The normalized spacial score (nSPS) is 18.8. The summed E-state index contributed by atoms with van der Waals surface area (Å²) < 4.78 is 9.58. The molecule has 1 saturated heterocycles. The second-order valence-electron chi connectivity index (χ2n) is 4.51. The van der Waals surface area contributed by atoms with Crippen LogP contribution in [0.3, 0.4) is 0 Å². The Morgan fingerprint density at radius 1 is 1.50 bits per heavy atom. The summed E-state index contributed by atoms with van der Waals surface area (Å²) in [6.45, 7) is 0.606. The molecule has 2 amide bonds. The van der Waals surface area contributed by atoms with Gasteiger partial charge in [0.15, 0.2) is 5.76 Å². The van der Waals surface area contributed by atoms with Crippen LogP contribution in [0.25, 0.3) is 0 Å². The molecule has 1 aromatic heterocycles. The fourth-order valence-corrected chi connectivity index (χ4v) is 2.24. The number of ether oxygens (including phenoxy) is 1. The molecule has 1 aliphatic heterocycles. The van der Waals surface area contributed by atoms with Crippen LogP contribution in [0.2, 0.25) is 0 Å². The van der Waals surface area contributed by atoms with E-state index in [9.17, 15) is 14.4 Å². The second kappa shape index (κ2) is 6.33. The number of hydrogen-bond donors (Lipinski definition) is 1. The Kier molecular flexibility index (Phi) is 4.52. The lowest BCUT2D eigenvalue weighted by atomic mass is 10.2. The van der Waals surface area contributed by atoms with Crippen molar-refractivity contribution in [1.29, 1.82) is 0 Å². The molecule has 1 unspecified atom stereocenters. The topological polar surface area (TPSA) is 88.9 Å². The van der Waals surface area contributed by atoms with Gasteiger partial charge < -0.3 is 9.15 Å². The van der Waals surface area contributed by atoms with E-state index in [1.807, 2.05) is 0 Å². The van der Waals surface area contributed by atoms with Crippen molar-refractivity contribution in [1.82, 2.24) is 10.2 Å². The van der Waals surface area contributed by atoms with Crippen molar-refractivity contribution in [3.63, 3.8) is 0 Å². The number of hydrogen-bond acceptors (Lipinski definition) is 6. The highest BCUT2D eigenvalue weighted by Gasteiger charge is 2.32. The van der Waals surface area contributed by atoms with Gasteiger partial charge in [-0.15, -0.1) is 0 Å². The van der Waals surface area contributed by atoms with E-state index in [2.05, 4.69) is 5.32 Å². The number of carbonyl (C=O) groups is 3. The van der Waals surface area contributed by atoms with E-state index in [1.165, 1.54) is 19.4 Å². The summed E-state index contributed by atoms with van der Waals surface area (Å²) in [4.78, 5) is 36.7. The molecule has 20 heavy (non-hydrogen) atoms. The lowest BCUT2D eigenvalue weighted by Crippen LogP contribution is -2.44. The Morgan fingerprint density at radius 3 is 2.95 bits per heavy atom. The van der Waals surface area contributed by atoms with E-state index in [4.69, 9.17) is 9.15 Å². The maximum Gasteiger partial charge on any atom is 0.323 e. The zero-order valence-electron chi connectivity index (χ0n) is 11.1. The molecule has 0 saturated carbocycles. The Labute approximate surface area is 115 Å². The van der Waals surface area contributed by atoms with Crippen LogP contribution >= 0.6 is 0 Å². The van der Waals surface area contributed by atoms with Crippen LogP contribution in [0, 0.1) is 0 Å². The van der Waals surface area contributed by atoms with Crippen molar-refractivity contribution in [2.24, 2.45) is 0 Å². The summed E-state index contributed by atoms with van der Waals surface area (Å²) in [6, 6.07) is 2.62. The molecule has 0 spiro atoms. The number of furan rings is 1. The fourth-order valence-electron chi connectivity index (χ4n) is 2.24. The lowest BCUT2D eigenvalue weighted by Gasteiger charge is -2.21. The van der Waals surface area contributed by atoms with Gasteiger partial charge in [0.2, 0.25) is 5.91 Å². The van der Waals surface area contributed by atoms with Gasteiger partial charge in [0.05, 0.1) is 19.9 Å². The molecule has 0 aliphatic carbocycles. The van der Waals surface area contributed by atoms with Gasteiger partial charge >= 0.3 is 5.97 Å². The Morgan fingerprint density at radius 2 is 2.30 bits per heavy atom. The fraction of sp³-hybridized carbons (Fsp3) is 0.462. The van der Waals surface area contributed by atoms with E-state index in [0.29, 0.717) is 13.0 Å². The number of nitrogens with zero attached hydrogens (tertiary/aromatic N) is 1. The predicted molar refractivity (Wildman–Crippen MR) is 67.8 cm³/mol. The van der Waals surface area contributed by atoms with Gasteiger partial charge in [-0.1, -0.05) is 0 Å². The van der Waals surface area contributed by atoms with E-state index in [0.717, 1.165) is 6.42 Å². The average molecular weight is 280 g/mol. The van der Waals surface area contributed by atoms with Crippen LogP contribution in [-0.4, -0.2) is 48.9 Å². The van der Waals surface area contributed by atoms with Crippen molar-refractivity contribution in [3.05, 3.63) is 24.2 Å². The zero-order valence-corrected chi connectivity index (χ0v) is 11.1. The Bertz CT molecular complexity index is 497. The highest BCUT2D eigenvalue weighted by Crippen LogP contribution is 2.17. The first-order chi connectivity index (χ1) is 9.61. The third-order valence-corrected chi connectivity index (χ3v) is 3.18. The number of likely N-dealkylation sites (tertiary alicyclic amines) is 1. The molecule has 2 heterocycles. The molecule has 1 aliphatic rings. The molecule has 0 radical (unpaired) electrons. The summed E-state index contributed by atoms with van der Waals surface area (Å²) in [6.07, 6.45) is 2.83. The van der Waals surface area contributed by atoms with E-state index >= 15 is 0 Å². The molecule has 2 rings (SSSR count). The van der Waals surface area contributed by atoms with Gasteiger partial charge in [0.25, 0.3) is 5.91 Å². The molecule has 0 bridgehead atoms. The largest absolute Gasteiger partial charge is 0.468 e. The summed E-state index contributed by atoms with van der Waals surface area (Å²) in [5, 5.41) is 2.22. The van der Waals surface area contributed by atoms with E-state index in [-0.39, 0.29) is 18.3 Å². The summed E-state index contributed by atoms with van der Waals surface area (Å²) in [5.41, 5.74) is 0. The van der Waals surface area contributed by atoms with Crippen molar-refractivity contribution in [2.45, 2.75) is 18.9 Å². The molecule has 7 heteroatoms. The molecule has 1 N–H and O–H groups in total. The van der Waals surface area contributed by atoms with Gasteiger partial charge in [-0.2, -0.15) is 0 Å². The Balaban J connectivity index is 1.88. The molecule has 7 nitrogen and oxygen atoms in total. The number of amides is 2. The van der Waals surface area contributed by atoms with Crippen LogP contribution in [-0.2, 0) is 14.3 Å². The van der Waals surface area contributed by atoms with Crippen LogP contribution in [0.15, 0.2) is 22.8 Å². The molecule has 1 atom stereocenters. The van der Waals surface area contributed by atoms with Crippen molar-refractivity contribution in [3.8, 4) is 0 Å². The number of imide groups is 1. The number of methoxy groups -OCH3 is 1. The summed E-state index contributed by atoms with van der Waals surface area (Å²) in [5.74, 6) is -1.34. The van der Waals surface area contributed by atoms with Gasteiger partial charge in [-0.05, 0) is 31.5 Å². The second-order valence-corrected chi connectivity index (χ2v) is 4.51. The maximum absolute atomic E-state index is 11.8. The third kappa shape index (κ3) is 3.24. The minimum Gasteiger partial charge on any atom is -0.468 e. The number of nitrogens with one attached hydrogen (secondary N) is 1. The lowest BCUT2D eigenvalue weighted by molar-refractivity contribution is -0.146. The maximum atomic E-state index is 11.8. The number of esters is 1. The quantitative estimate of drug-likeness (QED) is 0.791. The van der Waals surface area contributed by atoms with Crippen LogP contribution in [0.5, 0.6) is 0 Å². The van der Waals surface area contributed by atoms with Gasteiger partial charge in [-0.25, -0.2) is 0 Å². The molecule has 1 aromatic rings. The van der Waals surface area contributed by atoms with Gasteiger partial charge in [0, 0.05) is 0 Å². The SMILES string of the molecule is COC(=O)C1CCCN1CC(=O)NC(=O)c1ccco1. The highest BCUT2D eigenvalue weighted by atomic mass is 16.5. The number of rotatable bonds is 4.